The minimum Gasteiger partial charge on any atom is -0.392 e. The Morgan fingerprint density at radius 1 is 1.14 bits per heavy atom. The average Bonchev–Trinajstić information content (AvgIpc) is 2.48. The fourth-order valence-corrected chi connectivity index (χ4v) is 4.60. The Balaban J connectivity index is 1.82. The largest absolute Gasteiger partial charge is 0.392 e. The normalized spacial score (nSPS) is 39.0. The Morgan fingerprint density at radius 2 is 1.81 bits per heavy atom. The van der Waals surface area contributed by atoms with E-state index in [-0.39, 0.29) is 5.41 Å². The molecule has 21 heavy (non-hydrogen) atoms. The predicted molar refractivity (Wildman–Crippen MR) is 85.6 cm³/mol. The van der Waals surface area contributed by atoms with Gasteiger partial charge in [-0.2, -0.15) is 0 Å². The van der Waals surface area contributed by atoms with Crippen molar-refractivity contribution in [2.24, 2.45) is 22.7 Å². The first-order chi connectivity index (χ1) is 9.86. The van der Waals surface area contributed by atoms with Crippen LogP contribution in [0.3, 0.4) is 0 Å². The van der Waals surface area contributed by atoms with Gasteiger partial charge in [0.15, 0.2) is 0 Å². The molecule has 2 N–H and O–H groups in total. The van der Waals surface area contributed by atoms with E-state index >= 15 is 0 Å². The molecule has 0 spiro atoms. The van der Waals surface area contributed by atoms with Crippen LogP contribution in [-0.2, 0) is 0 Å². The SMILES string of the molecule is CC1(C)[C@@H]2C[C@@H](O)[C@@](C)([C@H](O)/C=C/c3ccccc3)[C@H]1C2. The lowest BCUT2D eigenvalue weighted by Gasteiger charge is -2.67. The molecule has 1 aromatic rings. The number of hydrogen-bond acceptors (Lipinski definition) is 2. The lowest BCUT2D eigenvalue weighted by molar-refractivity contribution is -0.233. The molecule has 3 aliphatic carbocycles. The van der Waals surface area contributed by atoms with E-state index in [0.717, 1.165) is 18.4 Å². The second-order valence-electron chi connectivity index (χ2n) is 7.64. The van der Waals surface area contributed by atoms with E-state index in [1.54, 1.807) is 0 Å². The van der Waals surface area contributed by atoms with Gasteiger partial charge in [-0.3, -0.25) is 0 Å². The molecule has 3 aliphatic rings. The number of aliphatic hydroxyl groups is 2. The molecule has 4 rings (SSSR count). The van der Waals surface area contributed by atoms with E-state index in [2.05, 4.69) is 20.8 Å². The molecular weight excluding hydrogens is 260 g/mol. The third kappa shape index (κ3) is 2.16. The monoisotopic (exact) mass is 286 g/mol. The van der Waals surface area contributed by atoms with Gasteiger partial charge in [0.1, 0.15) is 0 Å². The van der Waals surface area contributed by atoms with Gasteiger partial charge >= 0.3 is 0 Å². The van der Waals surface area contributed by atoms with Crippen LogP contribution in [0.25, 0.3) is 6.08 Å². The summed E-state index contributed by atoms with van der Waals surface area (Å²) in [6, 6.07) is 10.0. The van der Waals surface area contributed by atoms with Gasteiger partial charge in [-0.1, -0.05) is 63.3 Å². The van der Waals surface area contributed by atoms with E-state index < -0.39 is 17.6 Å². The van der Waals surface area contributed by atoms with Gasteiger partial charge in [0, 0.05) is 5.41 Å². The minimum absolute atomic E-state index is 0.232. The highest BCUT2D eigenvalue weighted by atomic mass is 16.3. The number of rotatable bonds is 3. The highest BCUT2D eigenvalue weighted by Crippen LogP contribution is 2.66. The van der Waals surface area contributed by atoms with Crippen LogP contribution in [0.4, 0.5) is 0 Å². The first-order valence-corrected chi connectivity index (χ1v) is 7.96. The highest BCUT2D eigenvalue weighted by Gasteiger charge is 2.64. The van der Waals surface area contributed by atoms with Crippen molar-refractivity contribution in [1.82, 2.24) is 0 Å². The van der Waals surface area contributed by atoms with Gasteiger partial charge in [0.25, 0.3) is 0 Å². The van der Waals surface area contributed by atoms with E-state index in [9.17, 15) is 10.2 Å². The fourth-order valence-electron chi connectivity index (χ4n) is 4.60. The summed E-state index contributed by atoms with van der Waals surface area (Å²) in [6.07, 6.45) is 4.74. The summed E-state index contributed by atoms with van der Waals surface area (Å²) in [5, 5.41) is 21.3. The van der Waals surface area contributed by atoms with E-state index in [1.165, 1.54) is 0 Å². The summed E-state index contributed by atoms with van der Waals surface area (Å²) in [6.45, 7) is 6.62. The van der Waals surface area contributed by atoms with Gasteiger partial charge in [0.2, 0.25) is 0 Å². The Morgan fingerprint density at radius 3 is 2.43 bits per heavy atom. The molecule has 0 radical (unpaired) electrons. The van der Waals surface area contributed by atoms with E-state index in [1.807, 2.05) is 42.5 Å². The van der Waals surface area contributed by atoms with Crippen LogP contribution in [0.1, 0.15) is 39.2 Å². The molecule has 0 aliphatic heterocycles. The lowest BCUT2D eigenvalue weighted by Crippen LogP contribution is -2.65. The molecular formula is C19H26O2. The predicted octanol–water partition coefficient (Wildman–Crippen LogP) is 3.49. The molecule has 2 bridgehead atoms. The van der Waals surface area contributed by atoms with Gasteiger partial charge in [0.05, 0.1) is 12.2 Å². The first kappa shape index (κ1) is 14.8. The van der Waals surface area contributed by atoms with Crippen molar-refractivity contribution < 1.29 is 10.2 Å². The van der Waals surface area contributed by atoms with Crippen molar-refractivity contribution >= 4 is 6.08 Å². The highest BCUT2D eigenvalue weighted by molar-refractivity contribution is 5.49. The quantitative estimate of drug-likeness (QED) is 0.893. The number of hydrogen-bond donors (Lipinski definition) is 2. The Kier molecular flexibility index (Phi) is 3.50. The minimum atomic E-state index is -0.613. The third-order valence-electron chi connectivity index (χ3n) is 6.35. The van der Waals surface area contributed by atoms with Crippen molar-refractivity contribution in [2.45, 2.75) is 45.8 Å². The molecule has 0 amide bonds. The second-order valence-corrected chi connectivity index (χ2v) is 7.64. The molecule has 1 aromatic carbocycles. The Bertz CT molecular complexity index is 534. The van der Waals surface area contributed by atoms with Crippen LogP contribution in [0.2, 0.25) is 0 Å². The Hall–Kier alpha value is -1.12. The van der Waals surface area contributed by atoms with Crippen LogP contribution in [0.5, 0.6) is 0 Å². The number of aliphatic hydroxyl groups excluding tert-OH is 2. The molecule has 0 unspecified atom stereocenters. The van der Waals surface area contributed by atoms with Crippen molar-refractivity contribution in [3.8, 4) is 0 Å². The zero-order valence-electron chi connectivity index (χ0n) is 13.2. The van der Waals surface area contributed by atoms with Gasteiger partial charge in [-0.25, -0.2) is 0 Å². The molecule has 0 heterocycles. The van der Waals surface area contributed by atoms with E-state index in [0.29, 0.717) is 11.8 Å². The topological polar surface area (TPSA) is 40.5 Å². The van der Waals surface area contributed by atoms with Crippen molar-refractivity contribution in [2.75, 3.05) is 0 Å². The van der Waals surface area contributed by atoms with Crippen LogP contribution in [0, 0.1) is 22.7 Å². The summed E-state index contributed by atoms with van der Waals surface area (Å²) in [5.41, 5.74) is 0.871. The van der Waals surface area contributed by atoms with E-state index in [4.69, 9.17) is 0 Å². The smallest absolute Gasteiger partial charge is 0.0805 e. The van der Waals surface area contributed by atoms with Crippen molar-refractivity contribution in [3.63, 3.8) is 0 Å². The summed E-state index contributed by atoms with van der Waals surface area (Å²) < 4.78 is 0. The van der Waals surface area contributed by atoms with Gasteiger partial charge in [-0.05, 0) is 35.7 Å². The maximum absolute atomic E-state index is 10.7. The van der Waals surface area contributed by atoms with Crippen LogP contribution >= 0.6 is 0 Å². The molecule has 2 nitrogen and oxygen atoms in total. The molecule has 5 atom stereocenters. The second kappa shape index (κ2) is 4.96. The summed E-state index contributed by atoms with van der Waals surface area (Å²) in [4.78, 5) is 0. The Labute approximate surface area is 127 Å². The average molecular weight is 286 g/mol. The third-order valence-corrected chi connectivity index (χ3v) is 6.35. The van der Waals surface area contributed by atoms with Crippen molar-refractivity contribution in [1.29, 1.82) is 0 Å². The van der Waals surface area contributed by atoms with Gasteiger partial charge < -0.3 is 10.2 Å². The standard InChI is InChI=1S/C19H26O2/c1-18(2)14-11-15(18)19(3,17(21)12-14)16(20)10-9-13-7-5-4-6-8-13/h4-10,14-17,20-21H,11-12H2,1-3H3/b10-9+/t14-,15-,16+,17+,19+/m0/s1. The maximum Gasteiger partial charge on any atom is 0.0805 e. The van der Waals surface area contributed by atoms with Crippen LogP contribution in [-0.4, -0.2) is 22.4 Å². The maximum atomic E-state index is 10.7. The molecule has 3 fully saturated rings. The zero-order valence-corrected chi connectivity index (χ0v) is 13.2. The lowest BCUT2D eigenvalue weighted by atomic mass is 9.39. The zero-order chi connectivity index (χ0) is 15.3. The van der Waals surface area contributed by atoms with Crippen molar-refractivity contribution in [3.05, 3.63) is 42.0 Å². The fraction of sp³-hybridized carbons (Fsp3) is 0.579. The molecule has 114 valence electrons. The number of fused-ring (bicyclic) bond motifs is 2. The van der Waals surface area contributed by atoms with Crippen LogP contribution in [0.15, 0.2) is 36.4 Å². The number of benzene rings is 1. The summed E-state index contributed by atoms with van der Waals surface area (Å²) >= 11 is 0. The molecule has 3 saturated carbocycles. The molecule has 2 heteroatoms. The molecule has 0 aromatic heterocycles. The first-order valence-electron chi connectivity index (χ1n) is 7.96. The molecule has 0 saturated heterocycles. The van der Waals surface area contributed by atoms with Gasteiger partial charge in [-0.15, -0.1) is 0 Å². The summed E-state index contributed by atoms with van der Waals surface area (Å²) in [5.74, 6) is 0.991. The summed E-state index contributed by atoms with van der Waals surface area (Å²) in [7, 11) is 0. The van der Waals surface area contributed by atoms with Crippen LogP contribution < -0.4 is 0 Å².